The highest BCUT2D eigenvalue weighted by molar-refractivity contribution is 8.00. The van der Waals surface area contributed by atoms with Crippen LogP contribution in [0.15, 0.2) is 88.8 Å². The molecule has 0 fully saturated rings. The Bertz CT molecular complexity index is 1420. The fraction of sp³-hybridized carbons (Fsp3) is 0.185. The lowest BCUT2D eigenvalue weighted by Crippen LogP contribution is -2.37. The molecule has 0 radical (unpaired) electrons. The first-order valence-electron chi connectivity index (χ1n) is 11.2. The number of amides is 1. The van der Waals surface area contributed by atoms with E-state index in [0.717, 1.165) is 5.69 Å². The van der Waals surface area contributed by atoms with Crippen molar-refractivity contribution in [3.05, 3.63) is 94.8 Å². The summed E-state index contributed by atoms with van der Waals surface area (Å²) in [5.74, 6) is -0.610. The molecule has 178 valence electrons. The first-order chi connectivity index (χ1) is 16.9. The van der Waals surface area contributed by atoms with E-state index in [0.29, 0.717) is 33.9 Å². The number of rotatable bonds is 7. The van der Waals surface area contributed by atoms with Crippen LogP contribution >= 0.6 is 11.8 Å². The molecule has 0 aliphatic rings. The van der Waals surface area contributed by atoms with E-state index in [-0.39, 0.29) is 11.5 Å². The van der Waals surface area contributed by atoms with Crippen LogP contribution in [0.5, 0.6) is 0 Å². The van der Waals surface area contributed by atoms with Gasteiger partial charge in [-0.15, -0.1) is 0 Å². The smallest absolute Gasteiger partial charge is 0.337 e. The van der Waals surface area contributed by atoms with E-state index in [2.05, 4.69) is 0 Å². The largest absolute Gasteiger partial charge is 0.465 e. The molecule has 1 atom stereocenters. The number of carbonyl (C=O) groups is 2. The molecular formula is C27H25N3O4S. The summed E-state index contributed by atoms with van der Waals surface area (Å²) in [6.07, 6.45) is 0. The van der Waals surface area contributed by atoms with E-state index >= 15 is 0 Å². The molecule has 1 heterocycles. The van der Waals surface area contributed by atoms with Gasteiger partial charge in [-0.1, -0.05) is 48.2 Å². The summed E-state index contributed by atoms with van der Waals surface area (Å²) in [7, 11) is 1.30. The normalized spacial score (nSPS) is 11.7. The third-order valence-electron chi connectivity index (χ3n) is 5.55. The molecule has 4 rings (SSSR count). The Labute approximate surface area is 207 Å². The van der Waals surface area contributed by atoms with Crippen molar-refractivity contribution in [2.75, 3.05) is 18.6 Å². The molecule has 1 amide bonds. The number of benzene rings is 3. The van der Waals surface area contributed by atoms with Crippen molar-refractivity contribution in [2.24, 2.45) is 0 Å². The maximum Gasteiger partial charge on any atom is 0.337 e. The number of para-hydroxylation sites is 2. The van der Waals surface area contributed by atoms with Crippen LogP contribution in [0.4, 0.5) is 5.69 Å². The number of anilines is 1. The Kier molecular flexibility index (Phi) is 7.31. The van der Waals surface area contributed by atoms with Crippen LogP contribution in [0, 0.1) is 0 Å². The molecule has 7 nitrogen and oxygen atoms in total. The Morgan fingerprint density at radius 1 is 1.03 bits per heavy atom. The van der Waals surface area contributed by atoms with E-state index in [1.807, 2.05) is 67.6 Å². The minimum atomic E-state index is -0.529. The summed E-state index contributed by atoms with van der Waals surface area (Å²) in [6, 6.07) is 23.3. The lowest BCUT2D eigenvalue weighted by atomic mass is 10.1. The zero-order valence-electron chi connectivity index (χ0n) is 19.7. The Morgan fingerprint density at radius 3 is 2.31 bits per heavy atom. The molecule has 0 unspecified atom stereocenters. The summed E-state index contributed by atoms with van der Waals surface area (Å²) in [6.45, 7) is 4.23. The summed E-state index contributed by atoms with van der Waals surface area (Å²) in [4.78, 5) is 45.4. The van der Waals surface area contributed by atoms with Gasteiger partial charge < -0.3 is 9.64 Å². The SMILES string of the molecule is CCN(C(=O)[C@H](C)Sc1nc2cc(C(=O)OC)ccc2c(=O)n1-c1ccccc1)c1ccccc1. The van der Waals surface area contributed by atoms with Gasteiger partial charge in [-0.05, 0) is 56.3 Å². The number of methoxy groups -OCH3 is 1. The van der Waals surface area contributed by atoms with Crippen molar-refractivity contribution >= 4 is 40.2 Å². The van der Waals surface area contributed by atoms with Crippen molar-refractivity contribution in [3.8, 4) is 5.69 Å². The van der Waals surface area contributed by atoms with Gasteiger partial charge in [0, 0.05) is 12.2 Å². The zero-order valence-corrected chi connectivity index (χ0v) is 20.5. The first-order valence-corrected chi connectivity index (χ1v) is 12.1. The highest BCUT2D eigenvalue weighted by atomic mass is 32.2. The highest BCUT2D eigenvalue weighted by Gasteiger charge is 2.25. The van der Waals surface area contributed by atoms with Crippen molar-refractivity contribution in [2.45, 2.75) is 24.3 Å². The van der Waals surface area contributed by atoms with Crippen LogP contribution in [0.2, 0.25) is 0 Å². The average Bonchev–Trinajstić information content (AvgIpc) is 2.89. The van der Waals surface area contributed by atoms with Crippen molar-refractivity contribution in [1.29, 1.82) is 0 Å². The van der Waals surface area contributed by atoms with Crippen LogP contribution in [-0.2, 0) is 9.53 Å². The summed E-state index contributed by atoms with van der Waals surface area (Å²) >= 11 is 1.20. The third kappa shape index (κ3) is 4.97. The molecule has 1 aromatic heterocycles. The zero-order chi connectivity index (χ0) is 24.9. The summed E-state index contributed by atoms with van der Waals surface area (Å²) < 4.78 is 6.32. The maximum absolute atomic E-state index is 13.6. The Morgan fingerprint density at radius 2 is 1.69 bits per heavy atom. The third-order valence-corrected chi connectivity index (χ3v) is 6.59. The number of carbonyl (C=O) groups excluding carboxylic acids is 2. The number of fused-ring (bicyclic) bond motifs is 1. The lowest BCUT2D eigenvalue weighted by Gasteiger charge is -2.24. The van der Waals surface area contributed by atoms with Crippen LogP contribution in [-0.4, -0.2) is 40.3 Å². The second-order valence-corrected chi connectivity index (χ2v) is 9.08. The number of nitrogens with zero attached hydrogens (tertiary/aromatic N) is 3. The number of aromatic nitrogens is 2. The van der Waals surface area contributed by atoms with E-state index < -0.39 is 11.2 Å². The predicted octanol–water partition coefficient (Wildman–Crippen LogP) is 4.71. The molecule has 0 saturated carbocycles. The van der Waals surface area contributed by atoms with Gasteiger partial charge in [0.2, 0.25) is 5.91 Å². The Hall–Kier alpha value is -3.91. The molecule has 0 N–H and O–H groups in total. The number of hydrogen-bond donors (Lipinski definition) is 0. The van der Waals surface area contributed by atoms with Crippen LogP contribution in [0.25, 0.3) is 16.6 Å². The van der Waals surface area contributed by atoms with Crippen LogP contribution in [0.3, 0.4) is 0 Å². The van der Waals surface area contributed by atoms with Crippen molar-refractivity contribution in [3.63, 3.8) is 0 Å². The van der Waals surface area contributed by atoms with Crippen LogP contribution < -0.4 is 10.5 Å². The van der Waals surface area contributed by atoms with E-state index in [1.165, 1.54) is 29.5 Å². The van der Waals surface area contributed by atoms with Gasteiger partial charge in [0.25, 0.3) is 5.56 Å². The van der Waals surface area contributed by atoms with Gasteiger partial charge in [-0.25, -0.2) is 9.78 Å². The summed E-state index contributed by atoms with van der Waals surface area (Å²) in [5, 5.41) is 0.197. The molecule has 0 aliphatic heterocycles. The Balaban J connectivity index is 1.80. The molecular weight excluding hydrogens is 462 g/mol. The van der Waals surface area contributed by atoms with Gasteiger partial charge in [-0.3, -0.25) is 14.2 Å². The lowest BCUT2D eigenvalue weighted by molar-refractivity contribution is -0.117. The minimum absolute atomic E-state index is 0.0963. The average molecular weight is 488 g/mol. The second kappa shape index (κ2) is 10.6. The summed E-state index contributed by atoms with van der Waals surface area (Å²) in [5.41, 5.74) is 1.83. The molecule has 3 aromatic carbocycles. The second-order valence-electron chi connectivity index (χ2n) is 7.77. The standard InChI is InChI=1S/C27H25N3O4S/c1-4-29(20-11-7-5-8-12-20)24(31)18(2)35-27-28-23-17-19(26(33)34-3)15-16-22(23)25(32)30(27)21-13-9-6-10-14-21/h5-18H,4H2,1-3H3/t18-/m0/s1. The molecule has 0 bridgehead atoms. The van der Waals surface area contributed by atoms with Gasteiger partial charge in [0.15, 0.2) is 5.16 Å². The van der Waals surface area contributed by atoms with Gasteiger partial charge in [0.1, 0.15) is 0 Å². The topological polar surface area (TPSA) is 81.5 Å². The number of hydrogen-bond acceptors (Lipinski definition) is 6. The number of esters is 1. The minimum Gasteiger partial charge on any atom is -0.465 e. The van der Waals surface area contributed by atoms with Crippen LogP contribution in [0.1, 0.15) is 24.2 Å². The molecule has 4 aromatic rings. The van der Waals surface area contributed by atoms with Gasteiger partial charge in [0.05, 0.1) is 34.5 Å². The van der Waals surface area contributed by atoms with Crippen molar-refractivity contribution in [1.82, 2.24) is 9.55 Å². The molecule has 35 heavy (non-hydrogen) atoms. The van der Waals surface area contributed by atoms with E-state index in [1.54, 1.807) is 24.0 Å². The number of ether oxygens (including phenoxy) is 1. The maximum atomic E-state index is 13.6. The van der Waals surface area contributed by atoms with Gasteiger partial charge >= 0.3 is 5.97 Å². The fourth-order valence-electron chi connectivity index (χ4n) is 3.80. The quantitative estimate of drug-likeness (QED) is 0.213. The van der Waals surface area contributed by atoms with Crippen molar-refractivity contribution < 1.29 is 14.3 Å². The fourth-order valence-corrected chi connectivity index (χ4v) is 4.78. The highest BCUT2D eigenvalue weighted by Crippen LogP contribution is 2.28. The molecule has 0 saturated heterocycles. The molecule has 0 spiro atoms. The molecule has 0 aliphatic carbocycles. The monoisotopic (exact) mass is 487 g/mol. The van der Waals surface area contributed by atoms with E-state index in [9.17, 15) is 14.4 Å². The number of thioether (sulfide) groups is 1. The van der Waals surface area contributed by atoms with Gasteiger partial charge in [-0.2, -0.15) is 0 Å². The molecule has 8 heteroatoms. The first kappa shape index (κ1) is 24.2. The predicted molar refractivity (Wildman–Crippen MR) is 138 cm³/mol. The van der Waals surface area contributed by atoms with E-state index in [4.69, 9.17) is 9.72 Å².